The summed E-state index contributed by atoms with van der Waals surface area (Å²) in [5, 5.41) is 11.7. The Morgan fingerprint density at radius 2 is 2.29 bits per heavy atom. The second kappa shape index (κ2) is 7.11. The van der Waals surface area contributed by atoms with E-state index in [4.69, 9.17) is 16.7 Å². The summed E-state index contributed by atoms with van der Waals surface area (Å²) >= 11 is 6.03. The minimum absolute atomic E-state index is 0.00110. The van der Waals surface area contributed by atoms with Crippen LogP contribution in [0.25, 0.3) is 0 Å². The molecule has 0 unspecified atom stereocenters. The van der Waals surface area contributed by atoms with E-state index in [1.54, 1.807) is 18.2 Å². The number of nitrogens with zero attached hydrogens (tertiary/aromatic N) is 1. The van der Waals surface area contributed by atoms with Crippen LogP contribution in [0.15, 0.2) is 18.2 Å². The molecule has 1 aromatic rings. The number of halogens is 1. The van der Waals surface area contributed by atoms with Crippen LogP contribution in [0.5, 0.6) is 0 Å². The average molecular weight is 307 g/mol. The first-order chi connectivity index (χ1) is 10.1. The molecule has 0 aliphatic carbocycles. The SMILES string of the molecule is O=C(CN1CCCC1=O)Nc1cc(C#CCO)ccc1Cl. The average Bonchev–Trinajstić information content (AvgIpc) is 2.85. The maximum atomic E-state index is 12.0. The third-order valence-corrected chi connectivity index (χ3v) is 3.39. The van der Waals surface area contributed by atoms with Crippen LogP contribution in [0.4, 0.5) is 5.69 Å². The number of hydrogen-bond acceptors (Lipinski definition) is 3. The molecule has 0 saturated carbocycles. The van der Waals surface area contributed by atoms with Gasteiger partial charge in [0.2, 0.25) is 11.8 Å². The highest BCUT2D eigenvalue weighted by Gasteiger charge is 2.22. The van der Waals surface area contributed by atoms with E-state index in [1.165, 1.54) is 4.90 Å². The van der Waals surface area contributed by atoms with E-state index in [0.29, 0.717) is 29.2 Å². The lowest BCUT2D eigenvalue weighted by Crippen LogP contribution is -2.34. The Labute approximate surface area is 127 Å². The molecule has 1 aromatic carbocycles. The quantitative estimate of drug-likeness (QED) is 0.826. The Hall–Kier alpha value is -2.03. The molecule has 0 spiro atoms. The van der Waals surface area contributed by atoms with Gasteiger partial charge in [-0.25, -0.2) is 0 Å². The van der Waals surface area contributed by atoms with Crippen LogP contribution in [-0.4, -0.2) is 41.5 Å². The number of aliphatic hydroxyl groups is 1. The standard InChI is InChI=1S/C15H15ClN2O3/c16-12-6-5-11(3-2-8-19)9-13(12)17-14(20)10-18-7-1-4-15(18)21/h5-6,9,19H,1,4,7-8,10H2,(H,17,20). The van der Waals surface area contributed by atoms with Gasteiger partial charge in [-0.3, -0.25) is 9.59 Å². The van der Waals surface area contributed by atoms with Crippen molar-refractivity contribution in [2.45, 2.75) is 12.8 Å². The van der Waals surface area contributed by atoms with Crippen molar-refractivity contribution < 1.29 is 14.7 Å². The summed E-state index contributed by atoms with van der Waals surface area (Å²) < 4.78 is 0. The predicted molar refractivity (Wildman–Crippen MR) is 79.9 cm³/mol. The van der Waals surface area contributed by atoms with Crippen molar-refractivity contribution in [1.29, 1.82) is 0 Å². The topological polar surface area (TPSA) is 69.6 Å². The summed E-state index contributed by atoms with van der Waals surface area (Å²) in [5.74, 6) is 4.97. The van der Waals surface area contributed by atoms with E-state index in [1.807, 2.05) is 0 Å². The zero-order valence-corrected chi connectivity index (χ0v) is 12.1. The number of hydrogen-bond donors (Lipinski definition) is 2. The Kier molecular flexibility index (Phi) is 5.20. The number of rotatable bonds is 3. The minimum atomic E-state index is -0.292. The Morgan fingerprint density at radius 1 is 1.48 bits per heavy atom. The molecule has 5 nitrogen and oxygen atoms in total. The van der Waals surface area contributed by atoms with Gasteiger partial charge in [-0.2, -0.15) is 0 Å². The number of nitrogens with one attached hydrogen (secondary N) is 1. The fourth-order valence-electron chi connectivity index (χ4n) is 2.07. The summed E-state index contributed by atoms with van der Waals surface area (Å²) in [4.78, 5) is 25.0. The van der Waals surface area contributed by atoms with E-state index in [-0.39, 0.29) is 25.0 Å². The van der Waals surface area contributed by atoms with E-state index in [2.05, 4.69) is 17.2 Å². The van der Waals surface area contributed by atoms with Crippen molar-refractivity contribution in [1.82, 2.24) is 4.90 Å². The number of likely N-dealkylation sites (tertiary alicyclic amines) is 1. The number of carbonyl (C=O) groups is 2. The summed E-state index contributed by atoms with van der Waals surface area (Å²) in [6.45, 7) is 0.408. The molecule has 6 heteroatoms. The predicted octanol–water partition coefficient (Wildman–Crippen LogP) is 1.24. The van der Waals surface area contributed by atoms with Crippen molar-refractivity contribution in [3.05, 3.63) is 28.8 Å². The molecule has 1 aliphatic heterocycles. The van der Waals surface area contributed by atoms with Crippen molar-refractivity contribution in [2.75, 3.05) is 25.0 Å². The van der Waals surface area contributed by atoms with E-state index >= 15 is 0 Å². The van der Waals surface area contributed by atoms with Gasteiger partial charge in [0.05, 0.1) is 17.3 Å². The summed E-state index contributed by atoms with van der Waals surface area (Å²) in [7, 11) is 0. The Balaban J connectivity index is 2.04. The van der Waals surface area contributed by atoms with Crippen LogP contribution in [0.1, 0.15) is 18.4 Å². The lowest BCUT2D eigenvalue weighted by molar-refractivity contribution is -0.131. The fraction of sp³-hybridized carbons (Fsp3) is 0.333. The van der Waals surface area contributed by atoms with Gasteiger partial charge in [-0.15, -0.1) is 0 Å². The van der Waals surface area contributed by atoms with Crippen LogP contribution in [0.2, 0.25) is 5.02 Å². The lowest BCUT2D eigenvalue weighted by Gasteiger charge is -2.15. The molecule has 0 atom stereocenters. The van der Waals surface area contributed by atoms with Crippen LogP contribution >= 0.6 is 11.6 Å². The zero-order chi connectivity index (χ0) is 15.2. The van der Waals surface area contributed by atoms with Gasteiger partial charge in [0, 0.05) is 18.5 Å². The summed E-state index contributed by atoms with van der Waals surface area (Å²) in [6.07, 6.45) is 1.29. The Morgan fingerprint density at radius 3 is 2.95 bits per heavy atom. The molecule has 0 aromatic heterocycles. The monoisotopic (exact) mass is 306 g/mol. The van der Waals surface area contributed by atoms with Crippen LogP contribution in [-0.2, 0) is 9.59 Å². The van der Waals surface area contributed by atoms with Crippen molar-refractivity contribution in [3.63, 3.8) is 0 Å². The third kappa shape index (κ3) is 4.22. The van der Waals surface area contributed by atoms with Gasteiger partial charge in [-0.05, 0) is 24.6 Å². The number of aliphatic hydroxyl groups excluding tert-OH is 1. The molecule has 110 valence electrons. The van der Waals surface area contributed by atoms with Gasteiger partial charge >= 0.3 is 0 Å². The molecule has 1 saturated heterocycles. The minimum Gasteiger partial charge on any atom is -0.384 e. The molecule has 1 fully saturated rings. The third-order valence-electron chi connectivity index (χ3n) is 3.06. The van der Waals surface area contributed by atoms with E-state index < -0.39 is 0 Å². The molecular formula is C15H15ClN2O3. The summed E-state index contributed by atoms with van der Waals surface area (Å²) in [6, 6.07) is 4.96. The number of anilines is 1. The second-order valence-corrected chi connectivity index (χ2v) is 5.03. The highest BCUT2D eigenvalue weighted by atomic mass is 35.5. The maximum absolute atomic E-state index is 12.0. The van der Waals surface area contributed by atoms with Crippen molar-refractivity contribution in [3.8, 4) is 11.8 Å². The molecule has 21 heavy (non-hydrogen) atoms. The fourth-order valence-corrected chi connectivity index (χ4v) is 2.24. The molecule has 2 N–H and O–H groups in total. The van der Waals surface area contributed by atoms with E-state index in [0.717, 1.165) is 6.42 Å². The molecule has 2 amide bonds. The number of amides is 2. The molecule has 0 radical (unpaired) electrons. The molecule has 1 heterocycles. The van der Waals surface area contributed by atoms with Crippen LogP contribution < -0.4 is 5.32 Å². The molecule has 2 rings (SSSR count). The zero-order valence-electron chi connectivity index (χ0n) is 11.4. The highest BCUT2D eigenvalue weighted by molar-refractivity contribution is 6.33. The first-order valence-corrected chi connectivity index (χ1v) is 6.95. The van der Waals surface area contributed by atoms with E-state index in [9.17, 15) is 9.59 Å². The smallest absolute Gasteiger partial charge is 0.244 e. The maximum Gasteiger partial charge on any atom is 0.244 e. The second-order valence-electron chi connectivity index (χ2n) is 4.62. The normalized spacial score (nSPS) is 13.8. The van der Waals surface area contributed by atoms with Gasteiger partial charge < -0.3 is 15.3 Å². The molecular weight excluding hydrogens is 292 g/mol. The number of carbonyl (C=O) groups excluding carboxylic acids is 2. The van der Waals surface area contributed by atoms with Crippen LogP contribution in [0.3, 0.4) is 0 Å². The molecule has 0 bridgehead atoms. The van der Waals surface area contributed by atoms with Gasteiger partial charge in [-0.1, -0.05) is 23.4 Å². The van der Waals surface area contributed by atoms with Gasteiger partial charge in [0.15, 0.2) is 0 Å². The van der Waals surface area contributed by atoms with Crippen molar-refractivity contribution in [2.24, 2.45) is 0 Å². The highest BCUT2D eigenvalue weighted by Crippen LogP contribution is 2.23. The summed E-state index contributed by atoms with van der Waals surface area (Å²) in [5.41, 5.74) is 1.08. The largest absolute Gasteiger partial charge is 0.384 e. The first-order valence-electron chi connectivity index (χ1n) is 6.57. The van der Waals surface area contributed by atoms with Crippen molar-refractivity contribution >= 4 is 29.1 Å². The first kappa shape index (κ1) is 15.4. The molecule has 1 aliphatic rings. The van der Waals surface area contributed by atoms with Gasteiger partial charge in [0.25, 0.3) is 0 Å². The Bertz CT molecular complexity index is 619. The van der Waals surface area contributed by atoms with Crippen LogP contribution in [0, 0.1) is 11.8 Å². The van der Waals surface area contributed by atoms with Gasteiger partial charge in [0.1, 0.15) is 6.61 Å². The number of benzene rings is 1. The lowest BCUT2D eigenvalue weighted by atomic mass is 10.2.